The molecule has 0 aliphatic heterocycles. The van der Waals surface area contributed by atoms with Crippen molar-refractivity contribution in [1.29, 1.82) is 0 Å². The zero-order valence-electron chi connectivity index (χ0n) is 14.7. The molecule has 0 unspecified atom stereocenters. The predicted molar refractivity (Wildman–Crippen MR) is 90.8 cm³/mol. The van der Waals surface area contributed by atoms with Gasteiger partial charge in [0, 0.05) is 22.8 Å². The van der Waals surface area contributed by atoms with Crippen LogP contribution in [-0.2, 0) is 9.59 Å². The zero-order valence-corrected chi connectivity index (χ0v) is 14.7. The molecule has 3 fully saturated rings. The molecule has 0 spiro atoms. The molecule has 5 atom stereocenters. The van der Waals surface area contributed by atoms with Crippen LogP contribution in [0.1, 0.15) is 52.9 Å². The maximum absolute atomic E-state index is 14.7. The molecule has 0 aromatic heterocycles. The second kappa shape index (κ2) is 4.77. The number of allylic oxidation sites excluding steroid dienone is 5. The normalized spacial score (nSPS) is 44.9. The van der Waals surface area contributed by atoms with Gasteiger partial charge in [0.1, 0.15) is 5.78 Å². The lowest BCUT2D eigenvalue weighted by Crippen LogP contribution is -2.51. The molecule has 4 aliphatic rings. The molecule has 0 aromatic rings. The number of fused-ring (bicyclic) bond motifs is 5. The van der Waals surface area contributed by atoms with E-state index in [4.69, 9.17) is 0 Å². The van der Waals surface area contributed by atoms with Crippen LogP contribution in [0, 0.1) is 28.6 Å². The first kappa shape index (κ1) is 16.0. The third kappa shape index (κ3) is 1.71. The lowest BCUT2D eigenvalue weighted by atomic mass is 9.46. The van der Waals surface area contributed by atoms with Crippen molar-refractivity contribution < 1.29 is 14.0 Å². The molecule has 0 aromatic carbocycles. The summed E-state index contributed by atoms with van der Waals surface area (Å²) in [5.74, 6) is 0.296. The van der Waals surface area contributed by atoms with E-state index in [0.29, 0.717) is 29.6 Å². The third-order valence-electron chi connectivity index (χ3n) is 7.85. The van der Waals surface area contributed by atoms with Crippen molar-refractivity contribution in [2.75, 3.05) is 0 Å². The van der Waals surface area contributed by atoms with Gasteiger partial charge in [-0.25, -0.2) is 4.39 Å². The first-order chi connectivity index (χ1) is 11.2. The summed E-state index contributed by atoms with van der Waals surface area (Å²) in [6.45, 7) is 10.3. The standard InChI is InChI=1S/C21H25FO2/c1-11-9-13-14-5-6-17(24)20(14,3)8-7-15(13)21(4)12(2)10-16(23)19(22)18(11)21/h10,13-15H,1,5-9H2,2-4H3/t13-,14-,15-,20-,21+/m0/s1. The second-order valence-electron chi connectivity index (χ2n) is 8.69. The van der Waals surface area contributed by atoms with Crippen molar-refractivity contribution >= 4 is 11.6 Å². The molecule has 4 aliphatic carbocycles. The van der Waals surface area contributed by atoms with E-state index in [1.807, 2.05) is 6.92 Å². The third-order valence-corrected chi connectivity index (χ3v) is 7.85. The SMILES string of the molecule is C=C1C[C@@H]2[C@H](CC[C@]3(C)C(=O)CC[C@@H]23)[C@@]2(C)C(C)=CC(=O)C(F)=C12. The molecule has 3 saturated carbocycles. The van der Waals surface area contributed by atoms with Crippen LogP contribution in [0.15, 0.2) is 35.2 Å². The molecule has 3 heteroatoms. The Balaban J connectivity index is 1.84. The summed E-state index contributed by atoms with van der Waals surface area (Å²) in [4.78, 5) is 24.4. The van der Waals surface area contributed by atoms with E-state index in [1.165, 1.54) is 6.08 Å². The van der Waals surface area contributed by atoms with Crippen LogP contribution in [-0.4, -0.2) is 11.6 Å². The van der Waals surface area contributed by atoms with Gasteiger partial charge in [-0.2, -0.15) is 0 Å². The van der Waals surface area contributed by atoms with Crippen LogP contribution in [0.25, 0.3) is 0 Å². The largest absolute Gasteiger partial charge is 0.299 e. The van der Waals surface area contributed by atoms with E-state index < -0.39 is 17.0 Å². The topological polar surface area (TPSA) is 34.1 Å². The van der Waals surface area contributed by atoms with E-state index >= 15 is 0 Å². The summed E-state index contributed by atoms with van der Waals surface area (Å²) in [7, 11) is 0. The first-order valence-electron chi connectivity index (χ1n) is 9.06. The minimum absolute atomic E-state index is 0.209. The Bertz CT molecular complexity index is 743. The van der Waals surface area contributed by atoms with Crippen molar-refractivity contribution in [1.82, 2.24) is 0 Å². The molecule has 128 valence electrons. The smallest absolute Gasteiger partial charge is 0.214 e. The summed E-state index contributed by atoms with van der Waals surface area (Å²) in [6.07, 6.45) is 5.62. The van der Waals surface area contributed by atoms with Crippen molar-refractivity contribution in [3.63, 3.8) is 0 Å². The molecular formula is C21H25FO2. The molecule has 0 saturated heterocycles. The maximum atomic E-state index is 14.7. The monoisotopic (exact) mass is 328 g/mol. The van der Waals surface area contributed by atoms with Gasteiger partial charge in [-0.05, 0) is 62.0 Å². The van der Waals surface area contributed by atoms with Gasteiger partial charge >= 0.3 is 0 Å². The minimum atomic E-state index is -0.609. The van der Waals surface area contributed by atoms with Crippen molar-refractivity contribution in [2.24, 2.45) is 28.6 Å². The second-order valence-corrected chi connectivity index (χ2v) is 8.69. The highest BCUT2D eigenvalue weighted by atomic mass is 19.1. The van der Waals surface area contributed by atoms with Gasteiger partial charge in [-0.3, -0.25) is 9.59 Å². The van der Waals surface area contributed by atoms with Crippen LogP contribution in [0.3, 0.4) is 0 Å². The Morgan fingerprint density at radius 3 is 2.62 bits per heavy atom. The Morgan fingerprint density at radius 2 is 1.92 bits per heavy atom. The summed E-state index contributed by atoms with van der Waals surface area (Å²) < 4.78 is 14.7. The van der Waals surface area contributed by atoms with E-state index in [1.54, 1.807) is 0 Å². The number of halogens is 1. The Morgan fingerprint density at radius 1 is 1.21 bits per heavy atom. The number of hydrogen-bond donors (Lipinski definition) is 0. The molecule has 0 bridgehead atoms. The molecular weight excluding hydrogens is 303 g/mol. The number of carbonyl (C=O) groups excluding carboxylic acids is 2. The van der Waals surface area contributed by atoms with Gasteiger partial charge < -0.3 is 0 Å². The van der Waals surface area contributed by atoms with Gasteiger partial charge in [-0.15, -0.1) is 0 Å². The van der Waals surface area contributed by atoms with Crippen LogP contribution < -0.4 is 0 Å². The minimum Gasteiger partial charge on any atom is -0.299 e. The van der Waals surface area contributed by atoms with Gasteiger partial charge in [0.05, 0.1) is 0 Å². The fraction of sp³-hybridized carbons (Fsp3) is 0.619. The molecule has 24 heavy (non-hydrogen) atoms. The van der Waals surface area contributed by atoms with Crippen molar-refractivity contribution in [3.8, 4) is 0 Å². The van der Waals surface area contributed by atoms with Gasteiger partial charge in [0.25, 0.3) is 0 Å². The predicted octanol–water partition coefficient (Wildman–Crippen LogP) is 4.72. The highest BCUT2D eigenvalue weighted by Crippen LogP contribution is 2.66. The fourth-order valence-corrected chi connectivity index (χ4v) is 6.41. The van der Waals surface area contributed by atoms with Crippen LogP contribution in [0.5, 0.6) is 0 Å². The van der Waals surface area contributed by atoms with Crippen LogP contribution in [0.4, 0.5) is 4.39 Å². The van der Waals surface area contributed by atoms with E-state index in [9.17, 15) is 14.0 Å². The summed E-state index contributed by atoms with van der Waals surface area (Å²) in [6, 6.07) is 0. The Hall–Kier alpha value is -1.51. The Kier molecular flexibility index (Phi) is 3.18. The summed E-state index contributed by atoms with van der Waals surface area (Å²) >= 11 is 0. The highest BCUT2D eigenvalue weighted by molar-refractivity contribution is 6.05. The number of rotatable bonds is 0. The summed E-state index contributed by atoms with van der Waals surface area (Å²) in [5, 5.41) is 0. The molecule has 0 heterocycles. The van der Waals surface area contributed by atoms with E-state index in [0.717, 1.165) is 36.8 Å². The lowest BCUT2D eigenvalue weighted by Gasteiger charge is -2.57. The molecule has 0 radical (unpaired) electrons. The van der Waals surface area contributed by atoms with Gasteiger partial charge in [-0.1, -0.05) is 26.0 Å². The number of ketones is 2. The number of Topliss-reactive ketones (excluding diaryl/α,β-unsaturated/α-hetero) is 1. The number of carbonyl (C=O) groups is 2. The van der Waals surface area contributed by atoms with E-state index in [-0.39, 0.29) is 11.3 Å². The number of hydrogen-bond acceptors (Lipinski definition) is 2. The van der Waals surface area contributed by atoms with Gasteiger partial charge in [0.15, 0.2) is 5.83 Å². The average Bonchev–Trinajstić information content (AvgIpc) is 2.81. The van der Waals surface area contributed by atoms with Crippen molar-refractivity contribution in [2.45, 2.75) is 52.9 Å². The lowest BCUT2D eigenvalue weighted by molar-refractivity contribution is -0.131. The molecule has 0 amide bonds. The average molecular weight is 328 g/mol. The first-order valence-corrected chi connectivity index (χ1v) is 9.06. The molecule has 0 N–H and O–H groups in total. The van der Waals surface area contributed by atoms with Gasteiger partial charge in [0.2, 0.25) is 5.78 Å². The van der Waals surface area contributed by atoms with Crippen LogP contribution in [0.2, 0.25) is 0 Å². The molecule has 2 nitrogen and oxygen atoms in total. The fourth-order valence-electron chi connectivity index (χ4n) is 6.41. The summed E-state index contributed by atoms with van der Waals surface area (Å²) in [5.41, 5.74) is 1.60. The Labute approximate surface area is 142 Å². The quantitative estimate of drug-likeness (QED) is 0.645. The molecule has 4 rings (SSSR count). The van der Waals surface area contributed by atoms with Crippen molar-refractivity contribution in [3.05, 3.63) is 35.2 Å². The maximum Gasteiger partial charge on any atom is 0.214 e. The van der Waals surface area contributed by atoms with Crippen LogP contribution >= 0.6 is 0 Å². The zero-order chi connectivity index (χ0) is 17.4. The highest BCUT2D eigenvalue weighted by Gasteiger charge is 2.60. The van der Waals surface area contributed by atoms with E-state index in [2.05, 4.69) is 20.4 Å².